The lowest BCUT2D eigenvalue weighted by Crippen LogP contribution is -2.57. The number of aliphatic carboxylic acids is 1. The molecule has 35 heavy (non-hydrogen) atoms. The molecule has 1 atom stereocenters. The van der Waals surface area contributed by atoms with Crippen molar-refractivity contribution in [2.75, 3.05) is 32.5 Å². The molecule has 1 aromatic heterocycles. The number of nitrogens with one attached hydrogen (secondary N) is 1. The molecule has 0 saturated carbocycles. The Morgan fingerprint density at radius 2 is 1.80 bits per heavy atom. The first-order valence-electron chi connectivity index (χ1n) is 11.2. The molecular formula is C26H27N5O4. The normalized spacial score (nSPS) is 16.5. The Labute approximate surface area is 203 Å². The summed E-state index contributed by atoms with van der Waals surface area (Å²) in [6.45, 7) is 1.88. The predicted molar refractivity (Wildman–Crippen MR) is 132 cm³/mol. The molecule has 2 amide bonds. The van der Waals surface area contributed by atoms with Crippen LogP contribution in [0.15, 0.2) is 78.1 Å². The van der Waals surface area contributed by atoms with Gasteiger partial charge in [-0.25, -0.2) is 4.79 Å². The fourth-order valence-electron chi connectivity index (χ4n) is 4.23. The van der Waals surface area contributed by atoms with E-state index in [1.165, 1.54) is 9.91 Å². The fourth-order valence-corrected chi connectivity index (χ4v) is 4.23. The topological polar surface area (TPSA) is 106 Å². The molecule has 9 nitrogen and oxygen atoms in total. The van der Waals surface area contributed by atoms with Gasteiger partial charge in [-0.15, -0.1) is 0 Å². The number of amides is 2. The number of nitrogens with zero attached hydrogens (tertiary/aromatic N) is 4. The molecule has 0 spiro atoms. The monoisotopic (exact) mass is 473 g/mol. The smallest absolute Gasteiger partial charge is 0.335 e. The summed E-state index contributed by atoms with van der Waals surface area (Å²) in [5, 5.41) is 17.2. The van der Waals surface area contributed by atoms with Gasteiger partial charge in [-0.1, -0.05) is 36.4 Å². The Kier molecular flexibility index (Phi) is 6.79. The van der Waals surface area contributed by atoms with Crippen molar-refractivity contribution >= 4 is 34.4 Å². The Balaban J connectivity index is 1.93. The third-order valence-corrected chi connectivity index (χ3v) is 5.95. The Morgan fingerprint density at radius 1 is 1.06 bits per heavy atom. The Morgan fingerprint density at radius 3 is 2.46 bits per heavy atom. The molecule has 180 valence electrons. The highest BCUT2D eigenvalue weighted by molar-refractivity contribution is 6.07. The maximum absolute atomic E-state index is 13.7. The van der Waals surface area contributed by atoms with E-state index in [1.807, 2.05) is 18.2 Å². The van der Waals surface area contributed by atoms with Crippen molar-refractivity contribution in [3.05, 3.63) is 83.7 Å². The largest absolute Gasteiger partial charge is 0.478 e. The zero-order valence-electron chi connectivity index (χ0n) is 19.8. The number of carboxylic acids is 1. The molecule has 0 aliphatic carbocycles. The van der Waals surface area contributed by atoms with Crippen molar-refractivity contribution < 1.29 is 19.5 Å². The molecule has 0 radical (unpaired) electrons. The van der Waals surface area contributed by atoms with Gasteiger partial charge in [0, 0.05) is 37.9 Å². The average molecular weight is 474 g/mol. The van der Waals surface area contributed by atoms with Crippen LogP contribution in [0.5, 0.6) is 0 Å². The number of carbonyl (C=O) groups is 3. The van der Waals surface area contributed by atoms with Gasteiger partial charge in [-0.05, 0) is 36.8 Å². The summed E-state index contributed by atoms with van der Waals surface area (Å²) in [5.41, 5.74) is 1.76. The summed E-state index contributed by atoms with van der Waals surface area (Å²) in [4.78, 5) is 44.9. The second kappa shape index (κ2) is 9.94. The van der Waals surface area contributed by atoms with Crippen molar-refractivity contribution in [2.45, 2.75) is 13.0 Å². The number of likely N-dealkylation sites (N-methyl/N-ethyl adjacent to an activating group) is 2. The summed E-state index contributed by atoms with van der Waals surface area (Å²) < 4.78 is 0. The van der Waals surface area contributed by atoms with Crippen LogP contribution in [0.3, 0.4) is 0 Å². The molecule has 4 rings (SSSR count). The van der Waals surface area contributed by atoms with E-state index in [0.717, 1.165) is 5.39 Å². The molecule has 9 heteroatoms. The maximum atomic E-state index is 13.7. The van der Waals surface area contributed by atoms with E-state index >= 15 is 0 Å². The number of pyridine rings is 1. The molecule has 2 N–H and O–H groups in total. The zero-order chi connectivity index (χ0) is 25.1. The molecule has 0 saturated heterocycles. The van der Waals surface area contributed by atoms with Gasteiger partial charge in [0.05, 0.1) is 23.7 Å². The van der Waals surface area contributed by atoms with Gasteiger partial charge in [-0.3, -0.25) is 19.6 Å². The van der Waals surface area contributed by atoms with E-state index in [-0.39, 0.29) is 30.3 Å². The highest BCUT2D eigenvalue weighted by atomic mass is 16.4. The van der Waals surface area contributed by atoms with E-state index in [1.54, 1.807) is 74.7 Å². The lowest BCUT2D eigenvalue weighted by atomic mass is 9.93. The second-order valence-electron chi connectivity index (χ2n) is 8.31. The van der Waals surface area contributed by atoms with Crippen molar-refractivity contribution in [1.82, 2.24) is 19.9 Å². The molecule has 3 aromatic rings. The number of fused-ring (bicyclic) bond motifs is 1. The minimum absolute atomic E-state index is 0.0434. The van der Waals surface area contributed by atoms with Crippen molar-refractivity contribution in [1.29, 1.82) is 0 Å². The number of anilines is 1. The van der Waals surface area contributed by atoms with E-state index in [0.29, 0.717) is 16.8 Å². The van der Waals surface area contributed by atoms with E-state index in [4.69, 9.17) is 0 Å². The summed E-state index contributed by atoms with van der Waals surface area (Å²) in [6.07, 6.45) is 1.67. The molecule has 2 aromatic carbocycles. The highest BCUT2D eigenvalue weighted by Gasteiger charge is 2.44. The van der Waals surface area contributed by atoms with Crippen LogP contribution >= 0.6 is 0 Å². The van der Waals surface area contributed by atoms with Crippen LogP contribution in [0.1, 0.15) is 18.5 Å². The lowest BCUT2D eigenvalue weighted by molar-refractivity contribution is -0.159. The van der Waals surface area contributed by atoms with Gasteiger partial charge < -0.3 is 15.3 Å². The van der Waals surface area contributed by atoms with E-state index in [9.17, 15) is 19.5 Å². The highest BCUT2D eigenvalue weighted by Crippen LogP contribution is 2.38. The minimum Gasteiger partial charge on any atom is -0.478 e. The molecular weight excluding hydrogens is 446 g/mol. The van der Waals surface area contributed by atoms with Crippen LogP contribution in [-0.2, 0) is 14.4 Å². The van der Waals surface area contributed by atoms with Gasteiger partial charge in [-0.2, -0.15) is 5.01 Å². The minimum atomic E-state index is -1.24. The summed E-state index contributed by atoms with van der Waals surface area (Å²) in [7, 11) is 3.24. The molecule has 1 aliphatic heterocycles. The summed E-state index contributed by atoms with van der Waals surface area (Å²) in [5.74, 6) is -2.02. The van der Waals surface area contributed by atoms with Gasteiger partial charge in [0.15, 0.2) is 0 Å². The first-order valence-corrected chi connectivity index (χ1v) is 11.2. The van der Waals surface area contributed by atoms with Crippen molar-refractivity contribution in [3.63, 3.8) is 0 Å². The molecule has 2 heterocycles. The zero-order valence-corrected chi connectivity index (χ0v) is 19.8. The van der Waals surface area contributed by atoms with Crippen molar-refractivity contribution in [2.24, 2.45) is 0 Å². The second-order valence-corrected chi connectivity index (χ2v) is 8.31. The standard InChI is InChI=1S/C26H27N5O4/c1-4-30-25(33)23(28-20-14-8-13-19-18(20)12-9-15-27-19)22(26(34)35)24(17-10-6-5-7-11-17)31(30)16-21(32)29(2)3/h5-15,24,28H,4,16H2,1-3H3,(H,34,35). The van der Waals surface area contributed by atoms with Crippen LogP contribution in [-0.4, -0.2) is 70.0 Å². The number of hydrogen-bond acceptors (Lipinski definition) is 6. The van der Waals surface area contributed by atoms with Crippen molar-refractivity contribution in [3.8, 4) is 0 Å². The lowest BCUT2D eigenvalue weighted by Gasteiger charge is -2.44. The van der Waals surface area contributed by atoms with E-state index < -0.39 is 17.9 Å². The number of hydrazine groups is 1. The number of carbonyl (C=O) groups excluding carboxylic acids is 2. The summed E-state index contributed by atoms with van der Waals surface area (Å²) >= 11 is 0. The predicted octanol–water partition coefficient (Wildman–Crippen LogP) is 2.89. The van der Waals surface area contributed by atoms with Crippen LogP contribution in [0.4, 0.5) is 5.69 Å². The van der Waals surface area contributed by atoms with Gasteiger partial charge >= 0.3 is 5.97 Å². The van der Waals surface area contributed by atoms with Gasteiger partial charge in [0.25, 0.3) is 5.91 Å². The van der Waals surface area contributed by atoms with Crippen LogP contribution in [0, 0.1) is 0 Å². The summed E-state index contributed by atoms with van der Waals surface area (Å²) in [6, 6.07) is 17.2. The quantitative estimate of drug-likeness (QED) is 0.544. The Hall–Kier alpha value is -4.24. The number of aromatic nitrogens is 1. The third-order valence-electron chi connectivity index (χ3n) is 5.95. The fraction of sp³-hybridized carbons (Fsp3) is 0.231. The van der Waals surface area contributed by atoms with Gasteiger partial charge in [0.2, 0.25) is 5.91 Å². The number of carboxylic acid groups (broad SMARTS) is 1. The van der Waals surface area contributed by atoms with Gasteiger partial charge in [0.1, 0.15) is 5.70 Å². The molecule has 1 unspecified atom stereocenters. The average Bonchev–Trinajstić information content (AvgIpc) is 2.86. The third kappa shape index (κ3) is 4.58. The first-order chi connectivity index (χ1) is 16.8. The first kappa shape index (κ1) is 23.9. The molecule has 1 aliphatic rings. The maximum Gasteiger partial charge on any atom is 0.335 e. The van der Waals surface area contributed by atoms with E-state index in [2.05, 4.69) is 10.3 Å². The molecule has 0 fully saturated rings. The SMILES string of the molecule is CCN1C(=O)C(Nc2cccc3ncccc23)=C(C(=O)O)C(c2ccccc2)N1CC(=O)N(C)C. The van der Waals surface area contributed by atoms with Crippen LogP contribution in [0.2, 0.25) is 0 Å². The number of benzene rings is 2. The number of hydrogen-bond donors (Lipinski definition) is 2. The molecule has 0 bridgehead atoms. The number of rotatable bonds is 7. The Bertz CT molecular complexity index is 1300. The van der Waals surface area contributed by atoms with Crippen LogP contribution < -0.4 is 5.32 Å². The van der Waals surface area contributed by atoms with Crippen LogP contribution in [0.25, 0.3) is 10.9 Å².